The summed E-state index contributed by atoms with van der Waals surface area (Å²) in [5.74, 6) is -0.0242. The lowest BCUT2D eigenvalue weighted by atomic mass is 10.2. The molecule has 31 heavy (non-hydrogen) atoms. The number of para-hydroxylation sites is 1. The van der Waals surface area contributed by atoms with Gasteiger partial charge in [-0.1, -0.05) is 42.1 Å². The Bertz CT molecular complexity index is 1030. The zero-order valence-electron chi connectivity index (χ0n) is 17.7. The number of methoxy groups -OCH3 is 1. The van der Waals surface area contributed by atoms with E-state index < -0.39 is 12.1 Å². The van der Waals surface area contributed by atoms with Gasteiger partial charge in [-0.15, -0.1) is 0 Å². The first-order valence-corrected chi connectivity index (χ1v) is 10.8. The molecule has 0 bridgehead atoms. The van der Waals surface area contributed by atoms with Crippen molar-refractivity contribution in [1.82, 2.24) is 14.9 Å². The third-order valence-corrected chi connectivity index (χ3v) is 5.54. The maximum Gasteiger partial charge on any atom is 0.317 e. The lowest BCUT2D eigenvalue weighted by Crippen LogP contribution is -2.35. The second-order valence-electron chi connectivity index (χ2n) is 6.85. The van der Waals surface area contributed by atoms with Crippen LogP contribution in [0.4, 0.5) is 0 Å². The average Bonchev–Trinajstić information content (AvgIpc) is 3.25. The minimum atomic E-state index is -0.887. The molecular weight excluding hydrogens is 414 g/mol. The van der Waals surface area contributed by atoms with Gasteiger partial charge in [0.15, 0.2) is 11.3 Å². The first kappa shape index (κ1) is 22.4. The van der Waals surface area contributed by atoms with Crippen molar-refractivity contribution in [2.24, 2.45) is 0 Å². The molecule has 1 atom stereocenters. The molecule has 1 N–H and O–H groups in total. The molecule has 8 heteroatoms. The highest BCUT2D eigenvalue weighted by atomic mass is 32.2. The Labute approximate surface area is 185 Å². The molecule has 0 fully saturated rings. The second kappa shape index (κ2) is 10.7. The number of hydrogen-bond donors (Lipinski definition) is 1. The predicted octanol–water partition coefficient (Wildman–Crippen LogP) is 3.53. The molecule has 0 aliphatic carbocycles. The van der Waals surface area contributed by atoms with Crippen LogP contribution in [0.2, 0.25) is 0 Å². The fourth-order valence-corrected chi connectivity index (χ4v) is 3.65. The largest absolute Gasteiger partial charge is 0.497 e. The average molecular weight is 440 g/mol. The Hall–Kier alpha value is -3.26. The van der Waals surface area contributed by atoms with Crippen molar-refractivity contribution >= 4 is 23.6 Å². The van der Waals surface area contributed by atoms with E-state index >= 15 is 0 Å². The highest BCUT2D eigenvalue weighted by Gasteiger charge is 2.18. The summed E-state index contributed by atoms with van der Waals surface area (Å²) in [4.78, 5) is 28.8. The first-order valence-electron chi connectivity index (χ1n) is 9.80. The summed E-state index contributed by atoms with van der Waals surface area (Å²) < 4.78 is 12.3. The summed E-state index contributed by atoms with van der Waals surface area (Å²) in [6.07, 6.45) is 2.66. The number of amides is 1. The molecule has 3 aromatic rings. The minimum Gasteiger partial charge on any atom is -0.497 e. The second-order valence-corrected chi connectivity index (χ2v) is 7.80. The number of aromatic nitrogens is 2. The van der Waals surface area contributed by atoms with Gasteiger partial charge in [0.05, 0.1) is 18.6 Å². The van der Waals surface area contributed by atoms with Crippen molar-refractivity contribution in [3.63, 3.8) is 0 Å². The van der Waals surface area contributed by atoms with Crippen molar-refractivity contribution in [2.45, 2.75) is 31.7 Å². The Balaban J connectivity index is 1.48. The molecule has 0 aliphatic rings. The van der Waals surface area contributed by atoms with E-state index in [-0.39, 0.29) is 11.7 Å². The topological polar surface area (TPSA) is 82.4 Å². The number of nitrogens with zero attached hydrogens (tertiary/aromatic N) is 2. The number of imidazole rings is 1. The van der Waals surface area contributed by atoms with Crippen LogP contribution in [0, 0.1) is 6.92 Å². The van der Waals surface area contributed by atoms with Crippen LogP contribution in [0.15, 0.2) is 66.1 Å². The molecule has 1 heterocycles. The molecule has 1 amide bonds. The van der Waals surface area contributed by atoms with Crippen molar-refractivity contribution in [3.8, 4) is 11.4 Å². The van der Waals surface area contributed by atoms with Crippen LogP contribution in [0.25, 0.3) is 5.69 Å². The molecule has 0 saturated carbocycles. The van der Waals surface area contributed by atoms with Crippen molar-refractivity contribution in [3.05, 3.63) is 72.1 Å². The fourth-order valence-electron chi connectivity index (χ4n) is 2.90. The van der Waals surface area contributed by atoms with Gasteiger partial charge >= 0.3 is 5.97 Å². The molecule has 0 radical (unpaired) electrons. The van der Waals surface area contributed by atoms with E-state index in [1.165, 1.54) is 11.8 Å². The summed E-state index contributed by atoms with van der Waals surface area (Å²) in [5.41, 5.74) is 3.03. The van der Waals surface area contributed by atoms with E-state index in [1.807, 2.05) is 66.2 Å². The first-order chi connectivity index (χ1) is 15.0. The third kappa shape index (κ3) is 6.11. The molecule has 3 rings (SSSR count). The number of hydrogen-bond acceptors (Lipinski definition) is 6. The van der Waals surface area contributed by atoms with Gasteiger partial charge in [0, 0.05) is 18.9 Å². The highest BCUT2D eigenvalue weighted by Crippen LogP contribution is 2.22. The summed E-state index contributed by atoms with van der Waals surface area (Å²) in [6.45, 7) is 3.91. The fraction of sp³-hybridized carbons (Fsp3) is 0.261. The van der Waals surface area contributed by atoms with E-state index in [0.717, 1.165) is 22.6 Å². The third-order valence-electron chi connectivity index (χ3n) is 4.60. The van der Waals surface area contributed by atoms with E-state index in [2.05, 4.69) is 10.3 Å². The number of carbonyl (C=O) groups excluding carboxylic acids is 2. The lowest BCUT2D eigenvalue weighted by Gasteiger charge is -2.14. The molecule has 162 valence electrons. The smallest absolute Gasteiger partial charge is 0.317 e. The maximum atomic E-state index is 12.2. The Kier molecular flexibility index (Phi) is 7.72. The van der Waals surface area contributed by atoms with Crippen LogP contribution in [-0.2, 0) is 20.9 Å². The quantitative estimate of drug-likeness (QED) is 0.406. The van der Waals surface area contributed by atoms with Crippen LogP contribution in [0.1, 0.15) is 18.1 Å². The Morgan fingerprint density at radius 2 is 1.90 bits per heavy atom. The number of ether oxygens (including phenoxy) is 2. The summed E-state index contributed by atoms with van der Waals surface area (Å²) in [6, 6.07) is 15.3. The zero-order valence-corrected chi connectivity index (χ0v) is 18.5. The molecule has 1 aromatic heterocycles. The van der Waals surface area contributed by atoms with Crippen LogP contribution < -0.4 is 10.1 Å². The van der Waals surface area contributed by atoms with Gasteiger partial charge in [-0.3, -0.25) is 14.2 Å². The normalized spacial score (nSPS) is 11.6. The zero-order chi connectivity index (χ0) is 22.2. The minimum absolute atomic E-state index is 0.0546. The van der Waals surface area contributed by atoms with Crippen LogP contribution in [0.5, 0.6) is 5.75 Å². The molecule has 0 unspecified atom stereocenters. The van der Waals surface area contributed by atoms with E-state index in [4.69, 9.17) is 9.47 Å². The number of nitrogens with one attached hydrogen (secondary N) is 1. The number of carbonyl (C=O) groups is 2. The van der Waals surface area contributed by atoms with E-state index in [1.54, 1.807) is 20.2 Å². The van der Waals surface area contributed by atoms with Gasteiger partial charge in [0.25, 0.3) is 5.91 Å². The number of rotatable bonds is 9. The highest BCUT2D eigenvalue weighted by molar-refractivity contribution is 7.99. The van der Waals surface area contributed by atoms with Gasteiger partial charge in [0.2, 0.25) is 0 Å². The van der Waals surface area contributed by atoms with E-state index in [9.17, 15) is 9.59 Å². The predicted molar refractivity (Wildman–Crippen MR) is 119 cm³/mol. The van der Waals surface area contributed by atoms with Crippen molar-refractivity contribution < 1.29 is 19.1 Å². The molecule has 0 aliphatic heterocycles. The monoisotopic (exact) mass is 439 g/mol. The number of esters is 1. The molecular formula is C23H25N3O4S. The Morgan fingerprint density at radius 1 is 1.16 bits per heavy atom. The number of aryl methyl sites for hydroxylation is 1. The van der Waals surface area contributed by atoms with Gasteiger partial charge in [-0.2, -0.15) is 0 Å². The van der Waals surface area contributed by atoms with Gasteiger partial charge in [0.1, 0.15) is 5.75 Å². The van der Waals surface area contributed by atoms with E-state index in [0.29, 0.717) is 11.7 Å². The van der Waals surface area contributed by atoms with Crippen molar-refractivity contribution in [2.75, 3.05) is 12.9 Å². The van der Waals surface area contributed by atoms with Gasteiger partial charge in [-0.05, 0) is 43.2 Å². The maximum absolute atomic E-state index is 12.2. The van der Waals surface area contributed by atoms with Crippen molar-refractivity contribution in [1.29, 1.82) is 0 Å². The SMILES string of the molecule is COc1ccc(CNC(=O)[C@H](C)OC(=O)CSc2nccn2-c2ccccc2C)cc1. The van der Waals surface area contributed by atoms with Gasteiger partial charge in [-0.25, -0.2) is 4.98 Å². The van der Waals surface area contributed by atoms with Crippen LogP contribution >= 0.6 is 11.8 Å². The summed E-state index contributed by atoms with van der Waals surface area (Å²) >= 11 is 1.27. The molecule has 7 nitrogen and oxygen atoms in total. The molecule has 0 spiro atoms. The van der Waals surface area contributed by atoms with Crippen LogP contribution in [0.3, 0.4) is 0 Å². The summed E-state index contributed by atoms with van der Waals surface area (Å²) in [7, 11) is 1.60. The molecule has 2 aromatic carbocycles. The standard InChI is InChI=1S/C23H25N3O4S/c1-16-6-4-5-7-20(16)26-13-12-24-23(26)31-15-21(27)30-17(2)22(28)25-14-18-8-10-19(29-3)11-9-18/h4-13,17H,14-15H2,1-3H3,(H,25,28)/t17-/m0/s1. The number of thioether (sulfide) groups is 1. The summed E-state index contributed by atoms with van der Waals surface area (Å²) in [5, 5.41) is 3.45. The number of benzene rings is 2. The van der Waals surface area contributed by atoms with Gasteiger partial charge < -0.3 is 14.8 Å². The molecule has 0 saturated heterocycles. The van der Waals surface area contributed by atoms with Crippen LogP contribution in [-0.4, -0.2) is 40.4 Å². The Morgan fingerprint density at radius 3 is 2.61 bits per heavy atom. The lowest BCUT2D eigenvalue weighted by molar-refractivity contribution is -0.152.